The van der Waals surface area contributed by atoms with Crippen LogP contribution < -0.4 is 5.76 Å². The lowest BCUT2D eigenvalue weighted by Gasteiger charge is -2.32. The molecule has 1 aromatic heterocycles. The van der Waals surface area contributed by atoms with Crippen LogP contribution in [0.1, 0.15) is 40.2 Å². The van der Waals surface area contributed by atoms with Gasteiger partial charge in [-0.05, 0) is 48.6 Å². The minimum Gasteiger partial charge on any atom is -0.408 e. The molecule has 3 aromatic carbocycles. The molecule has 1 aliphatic rings. The van der Waals surface area contributed by atoms with E-state index in [0.717, 1.165) is 25.9 Å². The Hall–Kier alpha value is -2.86. The Balaban J connectivity index is 1.37. The van der Waals surface area contributed by atoms with E-state index in [4.69, 9.17) is 27.6 Å². The van der Waals surface area contributed by atoms with Crippen LogP contribution in [0.5, 0.6) is 0 Å². The first kappa shape index (κ1) is 22.0. The maximum atomic E-state index is 12.9. The van der Waals surface area contributed by atoms with Gasteiger partial charge in [-0.2, -0.15) is 0 Å². The minimum absolute atomic E-state index is 0.268. The standard InChI is InChI=1S/C26H22Cl2N2O3/c27-20-8-4-7-19(13-20)25(31)21-14-24-23(15-22(21)28)30(26(32)33-24)16-29-11-9-18(10-12-29)17-5-2-1-3-6-17/h1-8,13-15,18H,9-12,16H2. The molecule has 0 N–H and O–H groups in total. The third-order valence-electron chi connectivity index (χ3n) is 6.29. The highest BCUT2D eigenvalue weighted by Crippen LogP contribution is 2.29. The number of oxazole rings is 1. The average molecular weight is 481 g/mol. The zero-order chi connectivity index (χ0) is 22.9. The second kappa shape index (κ2) is 9.18. The molecule has 0 amide bonds. The quantitative estimate of drug-likeness (QED) is 0.330. The number of aromatic nitrogens is 1. The summed E-state index contributed by atoms with van der Waals surface area (Å²) in [6, 6.07) is 20.4. The fourth-order valence-electron chi connectivity index (χ4n) is 4.51. The van der Waals surface area contributed by atoms with Gasteiger partial charge in [-0.3, -0.25) is 14.3 Å². The lowest BCUT2D eigenvalue weighted by molar-refractivity contribution is 0.103. The van der Waals surface area contributed by atoms with E-state index in [0.29, 0.717) is 34.3 Å². The summed E-state index contributed by atoms with van der Waals surface area (Å²) in [5.74, 6) is -0.198. The number of carbonyl (C=O) groups is 1. The number of hydrogen-bond donors (Lipinski definition) is 0. The molecule has 5 rings (SSSR count). The molecule has 1 fully saturated rings. The fraction of sp³-hybridized carbons (Fsp3) is 0.231. The van der Waals surface area contributed by atoms with Crippen molar-refractivity contribution in [2.24, 2.45) is 0 Å². The zero-order valence-corrected chi connectivity index (χ0v) is 19.4. The summed E-state index contributed by atoms with van der Waals surface area (Å²) < 4.78 is 7.06. The van der Waals surface area contributed by atoms with Crippen molar-refractivity contribution in [1.82, 2.24) is 9.47 Å². The van der Waals surface area contributed by atoms with Gasteiger partial charge in [0.05, 0.1) is 17.2 Å². The fourth-order valence-corrected chi connectivity index (χ4v) is 4.94. The van der Waals surface area contributed by atoms with Gasteiger partial charge in [0.15, 0.2) is 11.4 Å². The Morgan fingerprint density at radius 2 is 1.73 bits per heavy atom. The smallest absolute Gasteiger partial charge is 0.408 e. The molecule has 5 nitrogen and oxygen atoms in total. The number of hydrogen-bond acceptors (Lipinski definition) is 4. The number of likely N-dealkylation sites (tertiary alicyclic amines) is 1. The Bertz CT molecular complexity index is 1370. The maximum Gasteiger partial charge on any atom is 0.421 e. The van der Waals surface area contributed by atoms with Crippen LogP contribution in [0.3, 0.4) is 0 Å². The summed E-state index contributed by atoms with van der Waals surface area (Å²) in [4.78, 5) is 27.8. The third kappa shape index (κ3) is 4.49. The SMILES string of the molecule is O=C(c1cccc(Cl)c1)c1cc2oc(=O)n(CN3CCC(c4ccccc4)CC3)c2cc1Cl. The van der Waals surface area contributed by atoms with Crippen LogP contribution in [0.25, 0.3) is 11.1 Å². The predicted molar refractivity (Wildman–Crippen MR) is 130 cm³/mol. The number of ketones is 1. The van der Waals surface area contributed by atoms with Gasteiger partial charge >= 0.3 is 5.76 Å². The molecule has 0 radical (unpaired) electrons. The molecule has 2 heterocycles. The second-order valence-electron chi connectivity index (χ2n) is 8.38. The van der Waals surface area contributed by atoms with Crippen LogP contribution >= 0.6 is 23.2 Å². The van der Waals surface area contributed by atoms with Gasteiger partial charge in [-0.25, -0.2) is 4.79 Å². The van der Waals surface area contributed by atoms with Crippen molar-refractivity contribution in [1.29, 1.82) is 0 Å². The van der Waals surface area contributed by atoms with Crippen molar-refractivity contribution in [3.8, 4) is 0 Å². The van der Waals surface area contributed by atoms with E-state index >= 15 is 0 Å². The molecule has 7 heteroatoms. The Labute approximate surface area is 201 Å². The molecule has 0 aliphatic carbocycles. The van der Waals surface area contributed by atoms with Crippen molar-refractivity contribution in [2.45, 2.75) is 25.4 Å². The topological polar surface area (TPSA) is 55.5 Å². The molecule has 0 unspecified atom stereocenters. The van der Waals surface area contributed by atoms with Crippen LogP contribution in [-0.4, -0.2) is 28.3 Å². The molecular weight excluding hydrogens is 459 g/mol. The van der Waals surface area contributed by atoms with Crippen molar-refractivity contribution < 1.29 is 9.21 Å². The van der Waals surface area contributed by atoms with Gasteiger partial charge in [0.25, 0.3) is 0 Å². The van der Waals surface area contributed by atoms with Crippen molar-refractivity contribution in [2.75, 3.05) is 13.1 Å². The number of benzene rings is 3. The lowest BCUT2D eigenvalue weighted by atomic mass is 9.90. The highest BCUT2D eigenvalue weighted by atomic mass is 35.5. The number of carbonyl (C=O) groups excluding carboxylic acids is 1. The number of halogens is 2. The largest absolute Gasteiger partial charge is 0.421 e. The van der Waals surface area contributed by atoms with Crippen molar-refractivity contribution in [3.63, 3.8) is 0 Å². The summed E-state index contributed by atoms with van der Waals surface area (Å²) >= 11 is 12.5. The second-order valence-corrected chi connectivity index (χ2v) is 9.22. The van der Waals surface area contributed by atoms with E-state index in [1.807, 2.05) is 6.07 Å². The van der Waals surface area contributed by atoms with Crippen molar-refractivity contribution >= 4 is 40.1 Å². The molecule has 4 aromatic rings. The predicted octanol–water partition coefficient (Wildman–Crippen LogP) is 5.97. The van der Waals surface area contributed by atoms with Crippen LogP contribution in [0.15, 0.2) is 75.9 Å². The molecule has 1 saturated heterocycles. The van der Waals surface area contributed by atoms with Crippen LogP contribution in [-0.2, 0) is 6.67 Å². The first-order valence-corrected chi connectivity index (χ1v) is 11.7. The summed E-state index contributed by atoms with van der Waals surface area (Å²) in [6.07, 6.45) is 2.07. The average Bonchev–Trinajstić information content (AvgIpc) is 3.13. The first-order chi connectivity index (χ1) is 16.0. The van der Waals surface area contributed by atoms with E-state index in [-0.39, 0.29) is 16.4 Å². The van der Waals surface area contributed by atoms with Gasteiger partial charge < -0.3 is 4.42 Å². The summed E-state index contributed by atoms with van der Waals surface area (Å²) in [6.45, 7) is 2.20. The first-order valence-electron chi connectivity index (χ1n) is 10.9. The van der Waals surface area contributed by atoms with Gasteiger partial charge in [-0.15, -0.1) is 0 Å². The Kier molecular flexibility index (Phi) is 6.11. The van der Waals surface area contributed by atoms with E-state index < -0.39 is 5.76 Å². The van der Waals surface area contributed by atoms with E-state index in [9.17, 15) is 9.59 Å². The highest BCUT2D eigenvalue weighted by Gasteiger charge is 2.23. The number of fused-ring (bicyclic) bond motifs is 1. The lowest BCUT2D eigenvalue weighted by Crippen LogP contribution is -2.36. The molecule has 33 heavy (non-hydrogen) atoms. The summed E-state index contributed by atoms with van der Waals surface area (Å²) in [5, 5.41) is 0.733. The van der Waals surface area contributed by atoms with Gasteiger partial charge in [-0.1, -0.05) is 65.7 Å². The van der Waals surface area contributed by atoms with Crippen LogP contribution in [0.2, 0.25) is 10.0 Å². The van der Waals surface area contributed by atoms with Crippen LogP contribution in [0.4, 0.5) is 0 Å². The summed E-state index contributed by atoms with van der Waals surface area (Å²) in [7, 11) is 0. The molecule has 1 aliphatic heterocycles. The number of rotatable bonds is 5. The Morgan fingerprint density at radius 3 is 2.45 bits per heavy atom. The zero-order valence-electron chi connectivity index (χ0n) is 17.8. The van der Waals surface area contributed by atoms with E-state index in [1.54, 1.807) is 41.0 Å². The summed E-state index contributed by atoms with van der Waals surface area (Å²) in [5.41, 5.74) is 2.99. The Morgan fingerprint density at radius 1 is 0.970 bits per heavy atom. The molecule has 168 valence electrons. The van der Waals surface area contributed by atoms with Gasteiger partial charge in [0.1, 0.15) is 0 Å². The number of nitrogens with zero attached hydrogens (tertiary/aromatic N) is 2. The maximum absolute atomic E-state index is 12.9. The highest BCUT2D eigenvalue weighted by molar-refractivity contribution is 6.36. The van der Waals surface area contributed by atoms with Crippen LogP contribution in [0, 0.1) is 0 Å². The normalized spacial score (nSPS) is 15.2. The molecule has 0 bridgehead atoms. The van der Waals surface area contributed by atoms with E-state index in [1.165, 1.54) is 5.56 Å². The van der Waals surface area contributed by atoms with Gasteiger partial charge in [0.2, 0.25) is 0 Å². The molecule has 0 atom stereocenters. The third-order valence-corrected chi connectivity index (χ3v) is 6.84. The van der Waals surface area contributed by atoms with E-state index in [2.05, 4.69) is 29.2 Å². The van der Waals surface area contributed by atoms with Crippen molar-refractivity contribution in [3.05, 3.63) is 104 Å². The monoisotopic (exact) mass is 480 g/mol. The minimum atomic E-state index is -0.460. The molecule has 0 spiro atoms. The molecular formula is C26H22Cl2N2O3. The van der Waals surface area contributed by atoms with Gasteiger partial charge in [0, 0.05) is 29.2 Å². The molecule has 0 saturated carbocycles. The number of piperidine rings is 1.